The third kappa shape index (κ3) is 5.06. The molecule has 0 aliphatic carbocycles. The molecule has 1 amide bonds. The largest absolute Gasteiger partial charge is 0.423 e. The van der Waals surface area contributed by atoms with E-state index in [9.17, 15) is 34.6 Å². The minimum atomic E-state index is -1.09. The van der Waals surface area contributed by atoms with E-state index in [0.717, 1.165) is 12.1 Å². The Labute approximate surface area is 191 Å². The van der Waals surface area contributed by atoms with E-state index in [4.69, 9.17) is 9.15 Å². The molecule has 0 aliphatic rings. The van der Waals surface area contributed by atoms with Gasteiger partial charge in [0, 0.05) is 30.1 Å². The molecule has 0 unspecified atom stereocenters. The van der Waals surface area contributed by atoms with Crippen LogP contribution in [0, 0.1) is 33.1 Å². The molecule has 12 nitrogen and oxygen atoms in total. The summed E-state index contributed by atoms with van der Waals surface area (Å²) < 4.78 is 10.4. The fourth-order valence-electron chi connectivity index (χ4n) is 3.05. The number of nitrogens with zero attached hydrogens (tertiary/aromatic N) is 2. The molecule has 12 heteroatoms. The highest BCUT2D eigenvalue weighted by Gasteiger charge is 2.26. The van der Waals surface area contributed by atoms with E-state index in [-0.39, 0.29) is 28.4 Å². The average molecular weight is 469 g/mol. The Balaban J connectivity index is 1.91. The molecule has 3 aromatic rings. The van der Waals surface area contributed by atoms with Gasteiger partial charge in [0.2, 0.25) is 0 Å². The van der Waals surface area contributed by atoms with E-state index in [1.165, 1.54) is 31.2 Å². The van der Waals surface area contributed by atoms with E-state index < -0.39 is 44.3 Å². The summed E-state index contributed by atoms with van der Waals surface area (Å²) in [4.78, 5) is 57.8. The molecule has 0 spiro atoms. The summed E-state index contributed by atoms with van der Waals surface area (Å²) in [5, 5.41) is 25.4. The number of esters is 1. The molecule has 3 rings (SSSR count). The number of rotatable bonds is 7. The Kier molecular flexibility index (Phi) is 6.71. The van der Waals surface area contributed by atoms with Gasteiger partial charge in [0.15, 0.2) is 0 Å². The summed E-state index contributed by atoms with van der Waals surface area (Å²) in [6.45, 7) is 5.38. The first kappa shape index (κ1) is 24.0. The van der Waals surface area contributed by atoms with Gasteiger partial charge in [0.05, 0.1) is 15.4 Å². The maximum atomic E-state index is 12.5. The van der Waals surface area contributed by atoms with Gasteiger partial charge < -0.3 is 14.5 Å². The van der Waals surface area contributed by atoms with Crippen LogP contribution in [0.25, 0.3) is 11.0 Å². The van der Waals surface area contributed by atoms with E-state index in [1.54, 1.807) is 0 Å². The fourth-order valence-corrected chi connectivity index (χ4v) is 3.05. The topological polar surface area (TPSA) is 172 Å². The normalized spacial score (nSPS) is 10.8. The van der Waals surface area contributed by atoms with Crippen LogP contribution in [0.1, 0.15) is 40.1 Å². The summed E-state index contributed by atoms with van der Waals surface area (Å²) in [7, 11) is 0. The Bertz CT molecular complexity index is 1360. The number of fused-ring (bicyclic) bond motifs is 1. The monoisotopic (exact) mass is 469 g/mol. The molecular weight excluding hydrogens is 450 g/mol. The minimum absolute atomic E-state index is 0.0246. The van der Waals surface area contributed by atoms with Crippen LogP contribution in [0.3, 0.4) is 0 Å². The predicted molar refractivity (Wildman–Crippen MR) is 119 cm³/mol. The lowest BCUT2D eigenvalue weighted by atomic mass is 10.1. The van der Waals surface area contributed by atoms with Crippen LogP contribution >= 0.6 is 0 Å². The van der Waals surface area contributed by atoms with Crippen molar-refractivity contribution in [2.75, 3.05) is 6.54 Å². The van der Waals surface area contributed by atoms with Gasteiger partial charge in [-0.05, 0) is 31.0 Å². The van der Waals surface area contributed by atoms with Crippen molar-refractivity contribution >= 4 is 34.2 Å². The maximum Gasteiger partial charge on any atom is 0.349 e. The Morgan fingerprint density at radius 1 is 1.06 bits per heavy atom. The highest BCUT2D eigenvalue weighted by Crippen LogP contribution is 2.30. The highest BCUT2D eigenvalue weighted by atomic mass is 16.6. The fraction of sp³-hybridized carbons (Fsp3) is 0.227. The average Bonchev–Trinajstić information content (AvgIpc) is 2.76. The van der Waals surface area contributed by atoms with Crippen molar-refractivity contribution in [3.05, 3.63) is 83.7 Å². The maximum absolute atomic E-state index is 12.5. The lowest BCUT2D eigenvalue weighted by molar-refractivity contribution is -0.395. The zero-order chi connectivity index (χ0) is 25.2. The van der Waals surface area contributed by atoms with Crippen molar-refractivity contribution < 1.29 is 28.6 Å². The first-order valence-corrected chi connectivity index (χ1v) is 9.99. The molecule has 176 valence electrons. The standard InChI is InChI=1S/C22H19N3O9/c1-11(2)10-23-20(26)16-6-13-4-5-15(9-19(13)34-22(16)28)33-21(27)14-7-17(24(29)30)12(3)18(8-14)25(31)32/h4-9,11H,10H2,1-3H3,(H,23,26). The van der Waals surface area contributed by atoms with E-state index in [1.807, 2.05) is 13.8 Å². The second kappa shape index (κ2) is 9.48. The van der Waals surface area contributed by atoms with Gasteiger partial charge in [-0.15, -0.1) is 0 Å². The minimum Gasteiger partial charge on any atom is -0.423 e. The molecule has 0 aliphatic heterocycles. The number of ether oxygens (including phenoxy) is 1. The summed E-state index contributed by atoms with van der Waals surface area (Å²) in [6, 6.07) is 7.13. The molecule has 1 N–H and O–H groups in total. The first-order valence-electron chi connectivity index (χ1n) is 9.99. The smallest absolute Gasteiger partial charge is 0.349 e. The lowest BCUT2D eigenvalue weighted by Crippen LogP contribution is -2.31. The van der Waals surface area contributed by atoms with E-state index in [2.05, 4.69) is 5.32 Å². The number of nitro benzene ring substituents is 2. The molecule has 1 aromatic heterocycles. The number of hydrogen-bond donors (Lipinski definition) is 1. The van der Waals surface area contributed by atoms with E-state index in [0.29, 0.717) is 11.9 Å². The quantitative estimate of drug-likeness (QED) is 0.179. The summed E-state index contributed by atoms with van der Waals surface area (Å²) in [5.74, 6) is -1.56. The summed E-state index contributed by atoms with van der Waals surface area (Å²) >= 11 is 0. The molecule has 0 bridgehead atoms. The van der Waals surface area contributed by atoms with Crippen LogP contribution in [0.2, 0.25) is 0 Å². The number of hydrogen-bond acceptors (Lipinski definition) is 9. The molecule has 2 aromatic carbocycles. The molecule has 0 atom stereocenters. The van der Waals surface area contributed by atoms with Crippen LogP contribution in [0.5, 0.6) is 5.75 Å². The third-order valence-electron chi connectivity index (χ3n) is 4.82. The predicted octanol–water partition coefficient (Wildman–Crippen LogP) is 3.52. The number of carbonyl (C=O) groups is 2. The zero-order valence-electron chi connectivity index (χ0n) is 18.3. The number of nitrogens with one attached hydrogen (secondary N) is 1. The number of nitro groups is 2. The van der Waals surface area contributed by atoms with Crippen LogP contribution in [-0.4, -0.2) is 28.3 Å². The van der Waals surface area contributed by atoms with Crippen LogP contribution in [-0.2, 0) is 0 Å². The molecule has 0 saturated heterocycles. The van der Waals surface area contributed by atoms with E-state index >= 15 is 0 Å². The van der Waals surface area contributed by atoms with Gasteiger partial charge in [-0.25, -0.2) is 9.59 Å². The van der Waals surface area contributed by atoms with Crippen LogP contribution in [0.15, 0.2) is 45.6 Å². The Morgan fingerprint density at radius 2 is 1.68 bits per heavy atom. The molecule has 0 fully saturated rings. The number of amides is 1. The first-order chi connectivity index (χ1) is 16.0. The van der Waals surface area contributed by atoms with Crippen molar-refractivity contribution in [3.8, 4) is 5.75 Å². The molecular formula is C22H19N3O9. The molecule has 0 radical (unpaired) electrons. The van der Waals surface area contributed by atoms with Crippen molar-refractivity contribution in [1.82, 2.24) is 5.32 Å². The Morgan fingerprint density at radius 3 is 2.24 bits per heavy atom. The highest BCUT2D eigenvalue weighted by molar-refractivity contribution is 5.97. The molecule has 0 saturated carbocycles. The second-order valence-electron chi connectivity index (χ2n) is 7.79. The van der Waals surface area contributed by atoms with Crippen molar-refractivity contribution in [3.63, 3.8) is 0 Å². The summed E-state index contributed by atoms with van der Waals surface area (Å²) in [6.07, 6.45) is 0. The van der Waals surface area contributed by atoms with Gasteiger partial charge in [-0.3, -0.25) is 25.0 Å². The molecule has 1 heterocycles. The third-order valence-corrected chi connectivity index (χ3v) is 4.82. The van der Waals surface area contributed by atoms with Crippen molar-refractivity contribution in [2.24, 2.45) is 5.92 Å². The molecule has 34 heavy (non-hydrogen) atoms. The Hall–Kier alpha value is -4.61. The SMILES string of the molecule is Cc1c([N+](=O)[O-])cc(C(=O)Oc2ccc3cc(C(=O)NCC(C)C)c(=O)oc3c2)cc1[N+](=O)[O-]. The van der Waals surface area contributed by atoms with Gasteiger partial charge in [-0.2, -0.15) is 0 Å². The summed E-state index contributed by atoms with van der Waals surface area (Å²) in [5.41, 5.74) is -2.85. The second-order valence-corrected chi connectivity index (χ2v) is 7.79. The van der Waals surface area contributed by atoms with Gasteiger partial charge in [0.25, 0.3) is 17.3 Å². The van der Waals surface area contributed by atoms with Crippen molar-refractivity contribution in [1.29, 1.82) is 0 Å². The van der Waals surface area contributed by atoms with Crippen LogP contribution < -0.4 is 15.7 Å². The van der Waals surface area contributed by atoms with Crippen LogP contribution in [0.4, 0.5) is 11.4 Å². The van der Waals surface area contributed by atoms with Crippen molar-refractivity contribution in [2.45, 2.75) is 20.8 Å². The van der Waals surface area contributed by atoms with Gasteiger partial charge in [0.1, 0.15) is 22.5 Å². The lowest BCUT2D eigenvalue weighted by Gasteiger charge is -2.08. The van der Waals surface area contributed by atoms with Gasteiger partial charge in [-0.1, -0.05) is 13.8 Å². The van der Waals surface area contributed by atoms with Gasteiger partial charge >= 0.3 is 11.6 Å². The number of benzene rings is 2. The number of carbonyl (C=O) groups excluding carboxylic acids is 2. The zero-order valence-corrected chi connectivity index (χ0v) is 18.3.